The van der Waals surface area contributed by atoms with Gasteiger partial charge in [-0.1, -0.05) is 11.3 Å². The molecule has 2 N–H and O–H groups in total. The van der Waals surface area contributed by atoms with Crippen molar-refractivity contribution in [3.63, 3.8) is 0 Å². The molecule has 120 valence electrons. The van der Waals surface area contributed by atoms with Gasteiger partial charge in [0.25, 0.3) is 0 Å². The van der Waals surface area contributed by atoms with Crippen LogP contribution in [-0.2, 0) is 4.74 Å². The Bertz CT molecular complexity index is 741. The summed E-state index contributed by atoms with van der Waals surface area (Å²) in [6, 6.07) is 3.14. The minimum atomic E-state index is -0.417. The average molecular weight is 334 g/mol. The Morgan fingerprint density at radius 3 is 2.74 bits per heavy atom. The number of thiophene rings is 1. The number of anilines is 2. The molecular formula is C13H14N6O3S. The van der Waals surface area contributed by atoms with E-state index in [1.807, 2.05) is 4.90 Å². The van der Waals surface area contributed by atoms with Gasteiger partial charge >= 0.3 is 5.00 Å². The van der Waals surface area contributed by atoms with E-state index in [0.717, 1.165) is 16.2 Å². The highest BCUT2D eigenvalue weighted by Crippen LogP contribution is 2.25. The number of nitro groups is 1. The number of morpholine rings is 1. The first kappa shape index (κ1) is 15.3. The van der Waals surface area contributed by atoms with Crippen molar-refractivity contribution in [3.05, 3.63) is 32.9 Å². The molecule has 3 heterocycles. The number of rotatable bonds is 4. The van der Waals surface area contributed by atoms with Crippen LogP contribution in [-0.4, -0.2) is 46.2 Å². The molecule has 2 aromatic heterocycles. The summed E-state index contributed by atoms with van der Waals surface area (Å²) >= 11 is 1.08. The first-order valence-electron chi connectivity index (χ1n) is 6.88. The largest absolute Gasteiger partial charge is 0.378 e. The summed E-state index contributed by atoms with van der Waals surface area (Å²) in [4.78, 5) is 25.6. The molecule has 1 aliphatic rings. The summed E-state index contributed by atoms with van der Waals surface area (Å²) in [5.41, 5.74) is 5.74. The Balaban J connectivity index is 1.80. The van der Waals surface area contributed by atoms with Gasteiger partial charge in [-0.2, -0.15) is 15.0 Å². The standard InChI is InChI=1S/C13H14N6O3S/c14-12-15-10(3-1-9-2-4-11(23-9)19(20)21)16-13(17-12)18-5-7-22-8-6-18/h1-4H,5-8H2,(H2,14,15,16,17)/b3-1-. The molecule has 0 radical (unpaired) electrons. The van der Waals surface area contributed by atoms with Crippen LogP contribution in [0.2, 0.25) is 0 Å². The smallest absolute Gasteiger partial charge is 0.324 e. The van der Waals surface area contributed by atoms with E-state index < -0.39 is 4.92 Å². The maximum Gasteiger partial charge on any atom is 0.324 e. The van der Waals surface area contributed by atoms with Gasteiger partial charge in [-0.05, 0) is 18.2 Å². The first-order valence-corrected chi connectivity index (χ1v) is 7.70. The molecule has 1 aliphatic heterocycles. The normalized spacial score (nSPS) is 15.2. The fourth-order valence-electron chi connectivity index (χ4n) is 2.06. The van der Waals surface area contributed by atoms with Crippen molar-refractivity contribution in [1.82, 2.24) is 15.0 Å². The third kappa shape index (κ3) is 3.79. The number of hydrogen-bond donors (Lipinski definition) is 1. The number of hydrogen-bond acceptors (Lipinski definition) is 9. The van der Waals surface area contributed by atoms with Gasteiger partial charge in [0.1, 0.15) is 0 Å². The Labute approximate surface area is 135 Å². The number of aromatic nitrogens is 3. The molecule has 9 nitrogen and oxygen atoms in total. The van der Waals surface area contributed by atoms with E-state index in [2.05, 4.69) is 15.0 Å². The molecule has 1 fully saturated rings. The Morgan fingerprint density at radius 2 is 2.04 bits per heavy atom. The van der Waals surface area contributed by atoms with Gasteiger partial charge in [-0.15, -0.1) is 0 Å². The molecule has 0 bridgehead atoms. The topological polar surface area (TPSA) is 120 Å². The fourth-order valence-corrected chi connectivity index (χ4v) is 2.79. The fraction of sp³-hybridized carbons (Fsp3) is 0.308. The van der Waals surface area contributed by atoms with Crippen molar-refractivity contribution in [2.45, 2.75) is 0 Å². The lowest BCUT2D eigenvalue weighted by Crippen LogP contribution is -2.37. The van der Waals surface area contributed by atoms with Gasteiger partial charge in [0, 0.05) is 24.0 Å². The van der Waals surface area contributed by atoms with Crippen LogP contribution < -0.4 is 10.6 Å². The maximum absolute atomic E-state index is 10.7. The molecule has 23 heavy (non-hydrogen) atoms. The van der Waals surface area contributed by atoms with Crippen LogP contribution in [0.3, 0.4) is 0 Å². The van der Waals surface area contributed by atoms with E-state index >= 15 is 0 Å². The van der Waals surface area contributed by atoms with Gasteiger partial charge in [-0.3, -0.25) is 10.1 Å². The van der Waals surface area contributed by atoms with E-state index in [-0.39, 0.29) is 10.9 Å². The first-order chi connectivity index (χ1) is 11.1. The second kappa shape index (κ2) is 6.67. The maximum atomic E-state index is 10.7. The van der Waals surface area contributed by atoms with E-state index in [1.165, 1.54) is 6.07 Å². The lowest BCUT2D eigenvalue weighted by Gasteiger charge is -2.26. The van der Waals surface area contributed by atoms with Crippen molar-refractivity contribution < 1.29 is 9.66 Å². The average Bonchev–Trinajstić information content (AvgIpc) is 3.03. The molecular weight excluding hydrogens is 320 g/mol. The summed E-state index contributed by atoms with van der Waals surface area (Å²) in [5.74, 6) is 1.06. The number of nitrogens with two attached hydrogens (primary N) is 1. The summed E-state index contributed by atoms with van der Waals surface area (Å²) in [5, 5.41) is 10.8. The van der Waals surface area contributed by atoms with Crippen LogP contribution in [0.5, 0.6) is 0 Å². The van der Waals surface area contributed by atoms with Crippen LogP contribution in [0.4, 0.5) is 16.9 Å². The minimum absolute atomic E-state index is 0.0915. The van der Waals surface area contributed by atoms with E-state index in [0.29, 0.717) is 38.1 Å². The number of ether oxygens (including phenoxy) is 1. The van der Waals surface area contributed by atoms with Gasteiger partial charge in [-0.25, -0.2) is 0 Å². The lowest BCUT2D eigenvalue weighted by atomic mass is 10.4. The minimum Gasteiger partial charge on any atom is -0.378 e. The monoisotopic (exact) mass is 334 g/mol. The molecule has 0 atom stereocenters. The second-order valence-corrected chi connectivity index (χ2v) is 5.81. The highest BCUT2D eigenvalue weighted by Gasteiger charge is 2.15. The highest BCUT2D eigenvalue weighted by atomic mass is 32.1. The summed E-state index contributed by atoms with van der Waals surface area (Å²) in [6.45, 7) is 2.64. The Hall–Kier alpha value is -2.59. The molecule has 0 aromatic carbocycles. The quantitative estimate of drug-likeness (QED) is 0.658. The zero-order valence-corrected chi connectivity index (χ0v) is 12.9. The van der Waals surface area contributed by atoms with Gasteiger partial charge in [0.2, 0.25) is 11.9 Å². The third-order valence-electron chi connectivity index (χ3n) is 3.14. The summed E-state index contributed by atoms with van der Waals surface area (Å²) < 4.78 is 5.30. The Kier molecular flexibility index (Phi) is 4.44. The zero-order chi connectivity index (χ0) is 16.2. The molecule has 0 saturated carbocycles. The van der Waals surface area contributed by atoms with Crippen LogP contribution in [0.25, 0.3) is 12.2 Å². The zero-order valence-electron chi connectivity index (χ0n) is 12.1. The molecule has 3 rings (SSSR count). The SMILES string of the molecule is Nc1nc(/C=C\c2ccc([N+](=O)[O-])s2)nc(N2CCOCC2)n1. The predicted molar refractivity (Wildman–Crippen MR) is 87.2 cm³/mol. The van der Waals surface area contributed by atoms with Crippen molar-refractivity contribution in [1.29, 1.82) is 0 Å². The van der Waals surface area contributed by atoms with Gasteiger partial charge in [0.15, 0.2) is 5.82 Å². The van der Waals surface area contributed by atoms with Crippen LogP contribution in [0, 0.1) is 10.1 Å². The van der Waals surface area contributed by atoms with Gasteiger partial charge < -0.3 is 15.4 Å². The predicted octanol–water partition coefficient (Wildman–Crippen LogP) is 1.43. The van der Waals surface area contributed by atoms with Gasteiger partial charge in [0.05, 0.1) is 18.1 Å². The Morgan fingerprint density at radius 1 is 1.26 bits per heavy atom. The lowest BCUT2D eigenvalue weighted by molar-refractivity contribution is -0.380. The molecule has 1 saturated heterocycles. The molecule has 10 heteroatoms. The number of nitrogens with zero attached hydrogens (tertiary/aromatic N) is 5. The van der Waals surface area contributed by atoms with Crippen LogP contribution in [0.15, 0.2) is 12.1 Å². The van der Waals surface area contributed by atoms with E-state index in [9.17, 15) is 10.1 Å². The van der Waals surface area contributed by atoms with E-state index in [4.69, 9.17) is 10.5 Å². The van der Waals surface area contributed by atoms with Crippen molar-refractivity contribution in [3.8, 4) is 0 Å². The van der Waals surface area contributed by atoms with Crippen molar-refractivity contribution >= 4 is 40.4 Å². The van der Waals surface area contributed by atoms with Crippen LogP contribution >= 0.6 is 11.3 Å². The number of nitrogen functional groups attached to an aromatic ring is 1. The molecule has 0 amide bonds. The molecule has 0 aliphatic carbocycles. The summed E-state index contributed by atoms with van der Waals surface area (Å²) in [7, 11) is 0. The van der Waals surface area contributed by atoms with E-state index in [1.54, 1.807) is 18.2 Å². The third-order valence-corrected chi connectivity index (χ3v) is 4.14. The van der Waals surface area contributed by atoms with Crippen LogP contribution in [0.1, 0.15) is 10.7 Å². The van der Waals surface area contributed by atoms with Crippen molar-refractivity contribution in [2.75, 3.05) is 36.9 Å². The molecule has 0 unspecified atom stereocenters. The highest BCUT2D eigenvalue weighted by molar-refractivity contribution is 7.16. The molecule has 2 aromatic rings. The second-order valence-electron chi connectivity index (χ2n) is 4.72. The summed E-state index contributed by atoms with van der Waals surface area (Å²) in [6.07, 6.45) is 3.38. The molecule has 0 spiro atoms. The van der Waals surface area contributed by atoms with Crippen molar-refractivity contribution in [2.24, 2.45) is 0 Å².